The Labute approximate surface area is 54.5 Å². The second-order valence-corrected chi connectivity index (χ2v) is 3.43. The summed E-state index contributed by atoms with van der Waals surface area (Å²) in [6, 6.07) is 0. The molecule has 0 fully saturated rings. The van der Waals surface area contributed by atoms with E-state index in [1.54, 1.807) is 6.92 Å². The number of sulfonamides is 1. The van der Waals surface area contributed by atoms with Crippen molar-refractivity contribution in [1.82, 2.24) is 4.31 Å². The van der Waals surface area contributed by atoms with Crippen LogP contribution in [0.15, 0.2) is 0 Å². The van der Waals surface area contributed by atoms with Gasteiger partial charge in [-0.05, 0) is 6.92 Å². The Bertz CT molecular complexity index is 184. The third-order valence-corrected chi connectivity index (χ3v) is 1.92. The number of hydrogen-bond donors (Lipinski definition) is 0. The Hall–Kier alpha value is -0.580. The van der Waals surface area contributed by atoms with E-state index in [-0.39, 0.29) is 6.54 Å². The Morgan fingerprint density at radius 3 is 2.00 bits per heavy atom. The molecule has 0 aromatic carbocycles. The van der Waals surface area contributed by atoms with E-state index in [1.165, 1.54) is 6.41 Å². The predicted molar refractivity (Wildman–Crippen MR) is 32.9 cm³/mol. The van der Waals surface area contributed by atoms with Crippen molar-refractivity contribution in [2.45, 2.75) is 6.92 Å². The molecule has 0 aliphatic carbocycles. The van der Waals surface area contributed by atoms with Crippen LogP contribution >= 0.6 is 0 Å². The second kappa shape index (κ2) is 2.82. The zero-order chi connectivity index (χ0) is 7.49. The van der Waals surface area contributed by atoms with Crippen molar-refractivity contribution in [3.05, 3.63) is 0 Å². The van der Waals surface area contributed by atoms with E-state index < -0.39 is 10.0 Å². The average Bonchev–Trinajstić information content (AvgIpc) is 1.65. The van der Waals surface area contributed by atoms with E-state index in [4.69, 9.17) is 0 Å². The van der Waals surface area contributed by atoms with E-state index in [2.05, 4.69) is 0 Å². The van der Waals surface area contributed by atoms with Crippen molar-refractivity contribution in [3.63, 3.8) is 0 Å². The van der Waals surface area contributed by atoms with Crippen molar-refractivity contribution in [2.24, 2.45) is 0 Å². The first-order chi connectivity index (χ1) is 4.02. The number of carbonyl (C=O) groups excluding carboxylic acids is 1. The standard InChI is InChI=1S/C4H8NO3S/c1-3-5(4-6)9(2,7)8/h3H2,1-2H3. The normalized spacial score (nSPS) is 10.9. The molecule has 53 valence electrons. The van der Waals surface area contributed by atoms with Crippen LogP contribution in [0.25, 0.3) is 0 Å². The van der Waals surface area contributed by atoms with Crippen molar-refractivity contribution >= 4 is 16.4 Å². The van der Waals surface area contributed by atoms with E-state index >= 15 is 0 Å². The van der Waals surface area contributed by atoms with Crippen LogP contribution in [0.4, 0.5) is 0 Å². The summed E-state index contributed by atoms with van der Waals surface area (Å²) in [5.74, 6) is 0. The summed E-state index contributed by atoms with van der Waals surface area (Å²) in [5.41, 5.74) is 0. The summed E-state index contributed by atoms with van der Waals surface area (Å²) in [5, 5.41) is 0. The van der Waals surface area contributed by atoms with Gasteiger partial charge >= 0.3 is 6.41 Å². The highest BCUT2D eigenvalue weighted by molar-refractivity contribution is 7.88. The van der Waals surface area contributed by atoms with Crippen molar-refractivity contribution in [2.75, 3.05) is 12.8 Å². The third-order valence-electron chi connectivity index (χ3n) is 0.789. The van der Waals surface area contributed by atoms with Crippen LogP contribution < -0.4 is 0 Å². The molecule has 0 aromatic heterocycles. The zero-order valence-electron chi connectivity index (χ0n) is 5.29. The van der Waals surface area contributed by atoms with E-state index in [9.17, 15) is 13.2 Å². The van der Waals surface area contributed by atoms with Gasteiger partial charge < -0.3 is 0 Å². The lowest BCUT2D eigenvalue weighted by Crippen LogP contribution is -2.27. The Balaban J connectivity index is 4.32. The lowest BCUT2D eigenvalue weighted by molar-refractivity contribution is 0.481. The smallest absolute Gasteiger partial charge is 0.262 e. The minimum Gasteiger partial charge on any atom is -0.262 e. The van der Waals surface area contributed by atoms with Crippen LogP contribution in [0.2, 0.25) is 0 Å². The summed E-state index contributed by atoms with van der Waals surface area (Å²) in [7, 11) is -3.36. The van der Waals surface area contributed by atoms with Crippen LogP contribution in [0.3, 0.4) is 0 Å². The Morgan fingerprint density at radius 2 is 2.00 bits per heavy atom. The quantitative estimate of drug-likeness (QED) is 0.501. The lowest BCUT2D eigenvalue weighted by atomic mass is 10.8. The monoisotopic (exact) mass is 150 g/mol. The molecule has 9 heavy (non-hydrogen) atoms. The molecule has 0 saturated heterocycles. The molecule has 0 spiro atoms. The summed E-state index contributed by atoms with van der Waals surface area (Å²) >= 11 is 0. The van der Waals surface area contributed by atoms with Gasteiger partial charge in [-0.2, -0.15) is 0 Å². The maximum absolute atomic E-state index is 10.5. The molecule has 0 saturated carbocycles. The number of hydrogen-bond acceptors (Lipinski definition) is 3. The Kier molecular flexibility index (Phi) is 2.64. The molecule has 1 amide bonds. The molecule has 1 radical (unpaired) electrons. The molecule has 5 heteroatoms. The third kappa shape index (κ3) is 2.46. The van der Waals surface area contributed by atoms with Crippen molar-refractivity contribution in [1.29, 1.82) is 0 Å². The van der Waals surface area contributed by atoms with Crippen molar-refractivity contribution in [3.8, 4) is 0 Å². The molecule has 0 aliphatic heterocycles. The highest BCUT2D eigenvalue weighted by Gasteiger charge is 2.10. The summed E-state index contributed by atoms with van der Waals surface area (Å²) in [6.07, 6.45) is 2.25. The molecule has 0 heterocycles. The van der Waals surface area contributed by atoms with Crippen LogP contribution in [0.5, 0.6) is 0 Å². The molecule has 0 aliphatic rings. The van der Waals surface area contributed by atoms with Gasteiger partial charge in [0.15, 0.2) is 0 Å². The van der Waals surface area contributed by atoms with Gasteiger partial charge in [-0.3, -0.25) is 4.79 Å². The van der Waals surface area contributed by atoms with Gasteiger partial charge in [0.2, 0.25) is 10.0 Å². The van der Waals surface area contributed by atoms with Crippen LogP contribution in [-0.4, -0.2) is 31.9 Å². The fraction of sp³-hybridized carbons (Fsp3) is 0.750. The van der Waals surface area contributed by atoms with E-state index in [0.29, 0.717) is 4.31 Å². The molecular formula is C4H8NO3S. The SMILES string of the molecule is CCN([C]=O)S(C)(=O)=O. The maximum Gasteiger partial charge on any atom is 0.326 e. The number of amides is 1. The van der Waals surface area contributed by atoms with Crippen molar-refractivity contribution < 1.29 is 13.2 Å². The van der Waals surface area contributed by atoms with Crippen LogP contribution in [-0.2, 0) is 14.8 Å². The maximum atomic E-state index is 10.5. The highest BCUT2D eigenvalue weighted by atomic mass is 32.2. The van der Waals surface area contributed by atoms with Gasteiger partial charge in [0, 0.05) is 6.54 Å². The number of rotatable bonds is 3. The topological polar surface area (TPSA) is 54.5 Å². The first kappa shape index (κ1) is 8.42. The molecule has 0 atom stereocenters. The largest absolute Gasteiger partial charge is 0.326 e. The van der Waals surface area contributed by atoms with E-state index in [0.717, 1.165) is 6.26 Å². The minimum atomic E-state index is -3.36. The van der Waals surface area contributed by atoms with Gasteiger partial charge in [0.1, 0.15) is 0 Å². The summed E-state index contributed by atoms with van der Waals surface area (Å²) in [4.78, 5) is 9.80. The van der Waals surface area contributed by atoms with E-state index in [1.807, 2.05) is 0 Å². The minimum absolute atomic E-state index is 0.141. The molecule has 0 aromatic rings. The average molecular weight is 150 g/mol. The number of nitrogens with zero attached hydrogens (tertiary/aromatic N) is 1. The second-order valence-electron chi connectivity index (χ2n) is 1.52. The van der Waals surface area contributed by atoms with Gasteiger partial charge in [-0.1, -0.05) is 0 Å². The molecule has 0 unspecified atom stereocenters. The fourth-order valence-corrected chi connectivity index (χ4v) is 0.971. The van der Waals surface area contributed by atoms with Gasteiger partial charge in [-0.25, -0.2) is 12.7 Å². The molecular weight excluding hydrogens is 142 g/mol. The fourth-order valence-electron chi connectivity index (χ4n) is 0.367. The van der Waals surface area contributed by atoms with Gasteiger partial charge in [-0.15, -0.1) is 0 Å². The molecule has 4 nitrogen and oxygen atoms in total. The molecule has 0 N–H and O–H groups in total. The van der Waals surface area contributed by atoms with Gasteiger partial charge in [0.25, 0.3) is 0 Å². The summed E-state index contributed by atoms with van der Waals surface area (Å²) in [6.45, 7) is 1.70. The first-order valence-corrected chi connectivity index (χ1v) is 4.22. The zero-order valence-corrected chi connectivity index (χ0v) is 6.10. The molecule has 0 rings (SSSR count). The summed E-state index contributed by atoms with van der Waals surface area (Å²) < 4.78 is 21.5. The van der Waals surface area contributed by atoms with Gasteiger partial charge in [0.05, 0.1) is 6.26 Å². The first-order valence-electron chi connectivity index (χ1n) is 2.38. The predicted octanol–water partition coefficient (Wildman–Crippen LogP) is -0.665. The highest BCUT2D eigenvalue weighted by Crippen LogP contribution is 1.90. The van der Waals surface area contributed by atoms with Crippen LogP contribution in [0.1, 0.15) is 6.92 Å². The van der Waals surface area contributed by atoms with Crippen LogP contribution in [0, 0.1) is 0 Å². The lowest BCUT2D eigenvalue weighted by Gasteiger charge is -2.08. The molecule has 0 bridgehead atoms. The Morgan fingerprint density at radius 1 is 1.56 bits per heavy atom.